The fraction of sp³-hybridized carbons (Fsp3) is 0.429. The van der Waals surface area contributed by atoms with Crippen LogP contribution in [-0.4, -0.2) is 23.5 Å². The minimum atomic E-state index is -0.134. The van der Waals surface area contributed by atoms with Crippen molar-refractivity contribution in [3.63, 3.8) is 0 Å². The van der Waals surface area contributed by atoms with E-state index in [1.807, 2.05) is 0 Å². The highest BCUT2D eigenvalue weighted by Gasteiger charge is 2.18. The molecule has 0 aromatic heterocycles. The zero-order valence-corrected chi connectivity index (χ0v) is 12.6. The Morgan fingerprint density at radius 3 is 2.80 bits per heavy atom. The number of halogens is 1. The van der Waals surface area contributed by atoms with Gasteiger partial charge in [-0.05, 0) is 25.0 Å². The van der Waals surface area contributed by atoms with Crippen LogP contribution in [0.2, 0.25) is 5.02 Å². The van der Waals surface area contributed by atoms with E-state index in [0.29, 0.717) is 16.3 Å². The first kappa shape index (κ1) is 15.1. The van der Waals surface area contributed by atoms with Crippen LogP contribution in [0.3, 0.4) is 0 Å². The van der Waals surface area contributed by atoms with Gasteiger partial charge in [-0.3, -0.25) is 4.79 Å². The average Bonchev–Trinajstić information content (AvgIpc) is 2.88. The van der Waals surface area contributed by atoms with Gasteiger partial charge in [0.05, 0.1) is 10.6 Å². The Labute approximate surface area is 128 Å². The van der Waals surface area contributed by atoms with Crippen LogP contribution in [0.25, 0.3) is 0 Å². The molecule has 1 saturated carbocycles. The number of nitrogens with two attached hydrogens (primary N) is 1. The molecule has 1 aromatic rings. The first-order valence-electron chi connectivity index (χ1n) is 6.58. The highest BCUT2D eigenvalue weighted by atomic mass is 35.5. The zero-order chi connectivity index (χ0) is 14.5. The summed E-state index contributed by atoms with van der Waals surface area (Å²) in [6, 6.07) is 5.39. The molecule has 0 radical (unpaired) electrons. The number of amides is 1. The zero-order valence-electron chi connectivity index (χ0n) is 11.0. The van der Waals surface area contributed by atoms with Gasteiger partial charge in [-0.1, -0.05) is 42.7 Å². The molecule has 1 aliphatic carbocycles. The normalized spacial score (nSPS) is 15.1. The van der Waals surface area contributed by atoms with E-state index < -0.39 is 0 Å². The van der Waals surface area contributed by atoms with E-state index in [4.69, 9.17) is 34.3 Å². The number of thiocarbonyl (C=S) groups is 1. The van der Waals surface area contributed by atoms with Gasteiger partial charge < -0.3 is 15.8 Å². The summed E-state index contributed by atoms with van der Waals surface area (Å²) in [5.74, 6) is 0.303. The van der Waals surface area contributed by atoms with Crippen molar-refractivity contribution in [3.05, 3.63) is 28.8 Å². The summed E-state index contributed by atoms with van der Waals surface area (Å²) in [6.45, 7) is -0.0630. The van der Waals surface area contributed by atoms with Crippen molar-refractivity contribution in [3.8, 4) is 5.75 Å². The Morgan fingerprint density at radius 1 is 1.45 bits per heavy atom. The second kappa shape index (κ2) is 6.90. The van der Waals surface area contributed by atoms with E-state index in [1.165, 1.54) is 12.8 Å². The molecule has 0 bridgehead atoms. The molecular weight excluding hydrogens is 296 g/mol. The Morgan fingerprint density at radius 2 is 2.15 bits per heavy atom. The molecule has 0 heterocycles. The predicted molar refractivity (Wildman–Crippen MR) is 83.2 cm³/mol. The van der Waals surface area contributed by atoms with E-state index >= 15 is 0 Å². The van der Waals surface area contributed by atoms with Crippen LogP contribution in [-0.2, 0) is 4.79 Å². The van der Waals surface area contributed by atoms with Gasteiger partial charge in [0.1, 0.15) is 10.7 Å². The van der Waals surface area contributed by atoms with Gasteiger partial charge in [-0.25, -0.2) is 0 Å². The van der Waals surface area contributed by atoms with Crippen molar-refractivity contribution in [1.29, 1.82) is 0 Å². The van der Waals surface area contributed by atoms with Gasteiger partial charge in [-0.15, -0.1) is 0 Å². The van der Waals surface area contributed by atoms with Gasteiger partial charge in [-0.2, -0.15) is 0 Å². The number of benzene rings is 1. The molecule has 1 fully saturated rings. The van der Waals surface area contributed by atoms with Crippen LogP contribution in [0.5, 0.6) is 5.75 Å². The lowest BCUT2D eigenvalue weighted by Crippen LogP contribution is -2.36. The molecule has 6 heteroatoms. The summed E-state index contributed by atoms with van der Waals surface area (Å²) in [5.41, 5.74) is 6.09. The molecule has 4 nitrogen and oxygen atoms in total. The molecule has 108 valence electrons. The first-order valence-corrected chi connectivity index (χ1v) is 7.37. The second-order valence-electron chi connectivity index (χ2n) is 4.81. The topological polar surface area (TPSA) is 64.3 Å². The van der Waals surface area contributed by atoms with Crippen LogP contribution >= 0.6 is 23.8 Å². The average molecular weight is 313 g/mol. The lowest BCUT2D eigenvalue weighted by atomic mass is 10.2. The Balaban J connectivity index is 1.95. The third kappa shape index (κ3) is 3.84. The minimum Gasteiger partial charge on any atom is -0.483 e. The molecular formula is C14H17ClN2O2S. The standard InChI is InChI=1S/C14H17ClN2O2S/c15-10-6-3-7-11(13(10)14(16)20)19-8-12(18)17-9-4-1-2-5-9/h3,6-7,9H,1-2,4-5,8H2,(H2,16,20)(H,17,18). The quantitative estimate of drug-likeness (QED) is 0.820. The Kier molecular flexibility index (Phi) is 5.20. The number of ether oxygens (including phenoxy) is 1. The summed E-state index contributed by atoms with van der Waals surface area (Å²) in [4.78, 5) is 12.0. The number of carbonyl (C=O) groups is 1. The van der Waals surface area contributed by atoms with Crippen molar-refractivity contribution in [2.24, 2.45) is 5.73 Å². The van der Waals surface area contributed by atoms with E-state index in [-0.39, 0.29) is 23.5 Å². The maximum atomic E-state index is 11.8. The van der Waals surface area contributed by atoms with Crippen molar-refractivity contribution in [2.45, 2.75) is 31.7 Å². The van der Waals surface area contributed by atoms with Gasteiger partial charge in [0.25, 0.3) is 5.91 Å². The summed E-state index contributed by atoms with van der Waals surface area (Å²) >= 11 is 11.0. The second-order valence-corrected chi connectivity index (χ2v) is 5.66. The number of hydrogen-bond acceptors (Lipinski definition) is 3. The molecule has 0 saturated heterocycles. The number of hydrogen-bond donors (Lipinski definition) is 2. The number of carbonyl (C=O) groups excluding carboxylic acids is 1. The third-order valence-corrected chi connectivity index (χ3v) is 3.82. The van der Waals surface area contributed by atoms with Gasteiger partial charge in [0.15, 0.2) is 6.61 Å². The highest BCUT2D eigenvalue weighted by Crippen LogP contribution is 2.26. The molecule has 0 unspecified atom stereocenters. The van der Waals surface area contributed by atoms with Crippen LogP contribution < -0.4 is 15.8 Å². The third-order valence-electron chi connectivity index (χ3n) is 3.30. The SMILES string of the molecule is NC(=S)c1c(Cl)cccc1OCC(=O)NC1CCCC1. The molecule has 0 aliphatic heterocycles. The number of rotatable bonds is 5. The van der Waals surface area contributed by atoms with Crippen LogP contribution in [0.15, 0.2) is 18.2 Å². The van der Waals surface area contributed by atoms with E-state index in [1.54, 1.807) is 18.2 Å². The summed E-state index contributed by atoms with van der Waals surface area (Å²) in [5, 5.41) is 3.37. The monoisotopic (exact) mass is 312 g/mol. The van der Waals surface area contributed by atoms with Crippen molar-refractivity contribution in [2.75, 3.05) is 6.61 Å². The van der Waals surface area contributed by atoms with Crippen molar-refractivity contribution >= 4 is 34.7 Å². The summed E-state index contributed by atoms with van der Waals surface area (Å²) < 4.78 is 5.49. The highest BCUT2D eigenvalue weighted by molar-refractivity contribution is 7.80. The summed E-state index contributed by atoms with van der Waals surface area (Å²) in [6.07, 6.45) is 4.43. The summed E-state index contributed by atoms with van der Waals surface area (Å²) in [7, 11) is 0. The lowest BCUT2D eigenvalue weighted by molar-refractivity contribution is -0.123. The van der Waals surface area contributed by atoms with Gasteiger partial charge in [0, 0.05) is 6.04 Å². The molecule has 1 aliphatic rings. The molecule has 0 atom stereocenters. The minimum absolute atomic E-state index is 0.0630. The fourth-order valence-corrected chi connectivity index (χ4v) is 2.88. The molecule has 0 spiro atoms. The maximum absolute atomic E-state index is 11.8. The smallest absolute Gasteiger partial charge is 0.258 e. The fourth-order valence-electron chi connectivity index (χ4n) is 2.35. The first-order chi connectivity index (χ1) is 9.58. The molecule has 20 heavy (non-hydrogen) atoms. The van der Waals surface area contributed by atoms with E-state index in [9.17, 15) is 4.79 Å². The Hall–Kier alpha value is -1.33. The van der Waals surface area contributed by atoms with Gasteiger partial charge >= 0.3 is 0 Å². The predicted octanol–water partition coefficient (Wildman–Crippen LogP) is 2.41. The van der Waals surface area contributed by atoms with Crippen molar-refractivity contribution < 1.29 is 9.53 Å². The largest absolute Gasteiger partial charge is 0.483 e. The van der Waals surface area contributed by atoms with Crippen LogP contribution in [0.1, 0.15) is 31.2 Å². The van der Waals surface area contributed by atoms with Gasteiger partial charge in [0.2, 0.25) is 0 Å². The molecule has 1 amide bonds. The molecule has 1 aromatic carbocycles. The molecule has 3 N–H and O–H groups in total. The van der Waals surface area contributed by atoms with Crippen LogP contribution in [0.4, 0.5) is 0 Å². The molecule has 2 rings (SSSR count). The van der Waals surface area contributed by atoms with Crippen molar-refractivity contribution in [1.82, 2.24) is 5.32 Å². The Bertz CT molecular complexity index is 516. The maximum Gasteiger partial charge on any atom is 0.258 e. The van der Waals surface area contributed by atoms with E-state index in [2.05, 4.69) is 5.32 Å². The number of nitrogens with one attached hydrogen (secondary N) is 1. The van der Waals surface area contributed by atoms with Crippen LogP contribution in [0, 0.1) is 0 Å². The van der Waals surface area contributed by atoms with E-state index in [0.717, 1.165) is 12.8 Å². The lowest BCUT2D eigenvalue weighted by Gasteiger charge is -2.14.